The minimum atomic E-state index is -0.926. The molecule has 3 rings (SSSR count). The van der Waals surface area contributed by atoms with E-state index in [1.165, 1.54) is 24.1 Å². The van der Waals surface area contributed by atoms with Crippen LogP contribution in [0.2, 0.25) is 0 Å². The van der Waals surface area contributed by atoms with E-state index in [1.807, 2.05) is 0 Å². The summed E-state index contributed by atoms with van der Waals surface area (Å²) in [6.45, 7) is 0.262. The quantitative estimate of drug-likeness (QED) is 0.226. The highest BCUT2D eigenvalue weighted by molar-refractivity contribution is 8.26. The molecule has 33 heavy (non-hydrogen) atoms. The lowest BCUT2D eigenvalue weighted by Gasteiger charge is -2.13. The molecular weight excluding hydrogens is 468 g/mol. The van der Waals surface area contributed by atoms with Crippen LogP contribution in [0.1, 0.15) is 24.0 Å². The Bertz CT molecular complexity index is 1130. The standard InChI is InChI=1S/C22H20N2O7S2/c1-30-17-9-8-14(11-15(17)13-31-18-6-3-2-5-16(18)24(28)29)12-19-21(27)23(22(32)33-19)10-4-7-20(25)26/h2-3,5-6,8-9,11-12H,4,7,10,13H2,1H3,(H,25,26). The van der Waals surface area contributed by atoms with Crippen molar-refractivity contribution in [1.82, 2.24) is 4.90 Å². The molecule has 0 radical (unpaired) electrons. The minimum Gasteiger partial charge on any atom is -0.496 e. The fourth-order valence-corrected chi connectivity index (χ4v) is 4.43. The molecule has 11 heteroatoms. The van der Waals surface area contributed by atoms with Crippen molar-refractivity contribution in [3.05, 3.63) is 68.6 Å². The van der Waals surface area contributed by atoms with Crippen LogP contribution in [0.5, 0.6) is 11.5 Å². The third kappa shape index (κ3) is 6.08. The maximum absolute atomic E-state index is 12.7. The second kappa shape index (κ2) is 10.9. The summed E-state index contributed by atoms with van der Waals surface area (Å²) in [5, 5.41) is 20.0. The van der Waals surface area contributed by atoms with Gasteiger partial charge in [0.25, 0.3) is 5.91 Å². The fraction of sp³-hybridized carbons (Fsp3) is 0.227. The van der Waals surface area contributed by atoms with Crippen molar-refractivity contribution in [3.8, 4) is 11.5 Å². The van der Waals surface area contributed by atoms with Crippen molar-refractivity contribution in [1.29, 1.82) is 0 Å². The smallest absolute Gasteiger partial charge is 0.310 e. The number of hydrogen-bond acceptors (Lipinski definition) is 8. The summed E-state index contributed by atoms with van der Waals surface area (Å²) >= 11 is 6.42. The van der Waals surface area contributed by atoms with Gasteiger partial charge in [0.1, 0.15) is 16.7 Å². The van der Waals surface area contributed by atoms with Crippen molar-refractivity contribution >= 4 is 51.9 Å². The largest absolute Gasteiger partial charge is 0.496 e. The SMILES string of the molecule is COc1ccc(C=C2SC(=S)N(CCCC(=O)O)C2=O)cc1COc1ccccc1[N+](=O)[O-]. The predicted molar refractivity (Wildman–Crippen MR) is 127 cm³/mol. The average Bonchev–Trinajstić information content (AvgIpc) is 3.05. The summed E-state index contributed by atoms with van der Waals surface area (Å²) in [6, 6.07) is 11.3. The molecule has 0 aliphatic carbocycles. The Hall–Kier alpha value is -3.44. The maximum atomic E-state index is 12.7. The summed E-state index contributed by atoms with van der Waals surface area (Å²) in [5.41, 5.74) is 1.20. The second-order valence-corrected chi connectivity index (χ2v) is 8.59. The molecule has 0 spiro atoms. The molecule has 2 aromatic carbocycles. The van der Waals surface area contributed by atoms with E-state index in [0.717, 1.165) is 11.8 Å². The first-order valence-electron chi connectivity index (χ1n) is 9.80. The van der Waals surface area contributed by atoms with E-state index in [9.17, 15) is 19.7 Å². The van der Waals surface area contributed by atoms with E-state index in [4.69, 9.17) is 26.8 Å². The summed E-state index contributed by atoms with van der Waals surface area (Å²) < 4.78 is 11.4. The van der Waals surface area contributed by atoms with Gasteiger partial charge >= 0.3 is 11.7 Å². The molecule has 2 aromatic rings. The van der Waals surface area contributed by atoms with Gasteiger partial charge in [-0.05, 0) is 36.3 Å². The first-order valence-corrected chi connectivity index (χ1v) is 11.0. The van der Waals surface area contributed by atoms with Crippen LogP contribution in [-0.2, 0) is 16.2 Å². The van der Waals surface area contributed by atoms with Crippen LogP contribution in [0.3, 0.4) is 0 Å². The summed E-state index contributed by atoms with van der Waals surface area (Å²) in [7, 11) is 1.51. The van der Waals surface area contributed by atoms with Gasteiger partial charge < -0.3 is 14.6 Å². The molecule has 172 valence electrons. The van der Waals surface area contributed by atoms with Gasteiger partial charge in [0.05, 0.1) is 16.9 Å². The molecule has 0 aromatic heterocycles. The molecule has 0 atom stereocenters. The molecule has 9 nitrogen and oxygen atoms in total. The number of nitro benzene ring substituents is 1. The highest BCUT2D eigenvalue weighted by Crippen LogP contribution is 2.34. The molecule has 0 unspecified atom stereocenters. The van der Waals surface area contributed by atoms with Crippen molar-refractivity contribution in [2.24, 2.45) is 0 Å². The van der Waals surface area contributed by atoms with Gasteiger partial charge in [0.15, 0.2) is 5.75 Å². The zero-order valence-electron chi connectivity index (χ0n) is 17.6. The van der Waals surface area contributed by atoms with Gasteiger partial charge in [-0.25, -0.2) is 0 Å². The molecule has 1 saturated heterocycles. The highest BCUT2D eigenvalue weighted by Gasteiger charge is 2.31. The Kier molecular flexibility index (Phi) is 8.01. The zero-order valence-corrected chi connectivity index (χ0v) is 19.2. The molecule has 0 bridgehead atoms. The number of nitrogens with zero attached hydrogens (tertiary/aromatic N) is 2. The van der Waals surface area contributed by atoms with Crippen LogP contribution in [-0.4, -0.2) is 44.8 Å². The number of carbonyl (C=O) groups is 2. The number of rotatable bonds is 10. The molecular formula is C22H20N2O7S2. The minimum absolute atomic E-state index is 0.0197. The number of benzene rings is 2. The number of aliphatic carboxylic acids is 1. The summed E-state index contributed by atoms with van der Waals surface area (Å²) in [5.74, 6) is -0.530. The van der Waals surface area contributed by atoms with Gasteiger partial charge in [-0.2, -0.15) is 0 Å². The van der Waals surface area contributed by atoms with Gasteiger partial charge in [0.2, 0.25) is 0 Å². The molecule has 1 aliphatic heterocycles. The molecule has 0 saturated carbocycles. The van der Waals surface area contributed by atoms with Gasteiger partial charge in [0, 0.05) is 24.6 Å². The van der Waals surface area contributed by atoms with Crippen molar-refractivity contribution in [3.63, 3.8) is 0 Å². The van der Waals surface area contributed by atoms with Crippen molar-refractivity contribution < 1.29 is 29.1 Å². The average molecular weight is 489 g/mol. The monoisotopic (exact) mass is 488 g/mol. The lowest BCUT2D eigenvalue weighted by atomic mass is 10.1. The molecule has 1 fully saturated rings. The number of ether oxygens (including phenoxy) is 2. The second-order valence-electron chi connectivity index (χ2n) is 6.92. The molecule has 1 amide bonds. The highest BCUT2D eigenvalue weighted by atomic mass is 32.2. The van der Waals surface area contributed by atoms with E-state index in [2.05, 4.69) is 0 Å². The maximum Gasteiger partial charge on any atom is 0.310 e. The first-order chi connectivity index (χ1) is 15.8. The van der Waals surface area contributed by atoms with Crippen molar-refractivity contribution in [2.75, 3.05) is 13.7 Å². The molecule has 1 N–H and O–H groups in total. The molecule has 1 aliphatic rings. The van der Waals surface area contributed by atoms with Crippen LogP contribution in [0, 0.1) is 10.1 Å². The van der Waals surface area contributed by atoms with Gasteiger partial charge in [-0.3, -0.25) is 24.6 Å². The number of amides is 1. The van der Waals surface area contributed by atoms with E-state index < -0.39 is 10.9 Å². The van der Waals surface area contributed by atoms with E-state index >= 15 is 0 Å². The normalized spacial score (nSPS) is 14.6. The third-order valence-corrected chi connectivity index (χ3v) is 6.07. The number of hydrogen-bond donors (Lipinski definition) is 1. The summed E-state index contributed by atoms with van der Waals surface area (Å²) in [4.78, 5) is 35.9. The van der Waals surface area contributed by atoms with Crippen molar-refractivity contribution in [2.45, 2.75) is 19.4 Å². The number of para-hydroxylation sites is 2. The fourth-order valence-electron chi connectivity index (χ4n) is 3.12. The number of carbonyl (C=O) groups excluding carboxylic acids is 1. The lowest BCUT2D eigenvalue weighted by Crippen LogP contribution is -2.29. The van der Waals surface area contributed by atoms with E-state index in [-0.39, 0.29) is 36.9 Å². The lowest BCUT2D eigenvalue weighted by molar-refractivity contribution is -0.385. The summed E-state index contributed by atoms with van der Waals surface area (Å²) in [6.07, 6.45) is 1.95. The zero-order chi connectivity index (χ0) is 24.0. The first kappa shape index (κ1) is 24.2. The molecule has 1 heterocycles. The topological polar surface area (TPSA) is 119 Å². The Morgan fingerprint density at radius 2 is 2.03 bits per heavy atom. The number of thioether (sulfide) groups is 1. The van der Waals surface area contributed by atoms with Crippen LogP contribution in [0.25, 0.3) is 6.08 Å². The Morgan fingerprint density at radius 3 is 2.73 bits per heavy atom. The van der Waals surface area contributed by atoms with E-state index in [1.54, 1.807) is 36.4 Å². The van der Waals surface area contributed by atoms with Gasteiger partial charge in [-0.15, -0.1) is 0 Å². The Morgan fingerprint density at radius 1 is 1.27 bits per heavy atom. The van der Waals surface area contributed by atoms with Crippen LogP contribution in [0.4, 0.5) is 5.69 Å². The Balaban J connectivity index is 1.77. The predicted octanol–water partition coefficient (Wildman–Crippen LogP) is 4.25. The third-order valence-electron chi connectivity index (χ3n) is 4.69. The number of thiocarbonyl (C=S) groups is 1. The number of carboxylic acids is 1. The number of methoxy groups -OCH3 is 1. The van der Waals surface area contributed by atoms with E-state index in [0.29, 0.717) is 32.5 Å². The number of nitro groups is 1. The van der Waals surface area contributed by atoms with Crippen LogP contribution >= 0.6 is 24.0 Å². The van der Waals surface area contributed by atoms with Gasteiger partial charge in [-0.1, -0.05) is 42.2 Å². The number of carboxylic acid groups (broad SMARTS) is 1. The van der Waals surface area contributed by atoms with Crippen LogP contribution < -0.4 is 9.47 Å². The Labute approximate surface area is 199 Å². The van der Waals surface area contributed by atoms with Crippen LogP contribution in [0.15, 0.2) is 47.4 Å².